The quantitative estimate of drug-likeness (QED) is 0.714. The van der Waals surface area contributed by atoms with Gasteiger partial charge in [0.25, 0.3) is 0 Å². The van der Waals surface area contributed by atoms with Gasteiger partial charge in [-0.25, -0.2) is 0 Å². The van der Waals surface area contributed by atoms with Gasteiger partial charge in [0.05, 0.1) is 15.2 Å². The normalized spacial score (nSPS) is 18.5. The minimum absolute atomic E-state index is 0.0278. The van der Waals surface area contributed by atoms with E-state index in [-0.39, 0.29) is 5.41 Å². The molecule has 2 rings (SSSR count). The van der Waals surface area contributed by atoms with Gasteiger partial charge in [-0.15, -0.1) is 0 Å². The third-order valence-electron chi connectivity index (χ3n) is 4.78. The molecule has 1 aromatic rings. The van der Waals surface area contributed by atoms with E-state index in [1.54, 1.807) is 0 Å². The summed E-state index contributed by atoms with van der Waals surface area (Å²) in [5, 5.41) is 1.43. The fourth-order valence-electron chi connectivity index (χ4n) is 3.31. The van der Waals surface area contributed by atoms with Crippen LogP contribution in [0.4, 0.5) is 0 Å². The van der Waals surface area contributed by atoms with Crippen molar-refractivity contribution in [3.05, 3.63) is 47.1 Å². The molecule has 0 heterocycles. The lowest BCUT2D eigenvalue weighted by Crippen LogP contribution is -2.40. The van der Waals surface area contributed by atoms with Crippen LogP contribution in [0.2, 0.25) is 19.6 Å². The molecule has 1 nitrogen and oxygen atoms in total. The van der Waals surface area contributed by atoms with Crippen molar-refractivity contribution in [1.82, 2.24) is 0 Å². The number of allylic oxidation sites excluding steroid dienone is 4. The third kappa shape index (κ3) is 3.07. The SMILES string of the molecule is COc1c(C(C)(C)C2C=CC(C)=C2)cc(C)cc1[Si](C)(C)C. The Balaban J connectivity index is 2.64. The summed E-state index contributed by atoms with van der Waals surface area (Å²) in [6, 6.07) is 4.65. The second-order valence-corrected chi connectivity index (χ2v) is 13.2. The predicted octanol–water partition coefficient (Wildman–Crippen LogP) is 4.96. The van der Waals surface area contributed by atoms with Gasteiger partial charge >= 0.3 is 0 Å². The van der Waals surface area contributed by atoms with Gasteiger partial charge in [0, 0.05) is 16.9 Å². The first-order valence-corrected chi connectivity index (χ1v) is 11.6. The molecule has 0 bridgehead atoms. The topological polar surface area (TPSA) is 9.23 Å². The largest absolute Gasteiger partial charge is 0.497 e. The Bertz CT molecular complexity index is 630. The van der Waals surface area contributed by atoms with Crippen LogP contribution >= 0.6 is 0 Å². The first kappa shape index (κ1) is 17.1. The predicted molar refractivity (Wildman–Crippen MR) is 100 cm³/mol. The van der Waals surface area contributed by atoms with E-state index in [1.165, 1.54) is 21.9 Å². The fourth-order valence-corrected chi connectivity index (χ4v) is 4.89. The summed E-state index contributed by atoms with van der Waals surface area (Å²) >= 11 is 0. The van der Waals surface area contributed by atoms with Crippen molar-refractivity contribution in [3.63, 3.8) is 0 Å². The van der Waals surface area contributed by atoms with Gasteiger partial charge in [-0.3, -0.25) is 0 Å². The van der Waals surface area contributed by atoms with Gasteiger partial charge in [-0.1, -0.05) is 75.0 Å². The summed E-state index contributed by atoms with van der Waals surface area (Å²) in [5.41, 5.74) is 4.06. The Labute approximate surface area is 137 Å². The van der Waals surface area contributed by atoms with Crippen LogP contribution in [0.15, 0.2) is 35.9 Å². The number of methoxy groups -OCH3 is 1. The van der Waals surface area contributed by atoms with Gasteiger partial charge in [-0.05, 0) is 19.0 Å². The van der Waals surface area contributed by atoms with Crippen molar-refractivity contribution in [2.45, 2.75) is 52.8 Å². The minimum atomic E-state index is -1.45. The van der Waals surface area contributed by atoms with E-state index in [0.29, 0.717) is 5.92 Å². The van der Waals surface area contributed by atoms with Crippen molar-refractivity contribution in [1.29, 1.82) is 0 Å². The average Bonchev–Trinajstić information content (AvgIpc) is 2.84. The molecule has 0 saturated heterocycles. The molecular formula is C20H30OSi. The molecule has 1 atom stereocenters. The highest BCUT2D eigenvalue weighted by molar-refractivity contribution is 6.89. The number of aryl methyl sites for hydroxylation is 1. The van der Waals surface area contributed by atoms with Crippen molar-refractivity contribution in [2.24, 2.45) is 5.92 Å². The van der Waals surface area contributed by atoms with Crippen LogP contribution in [-0.4, -0.2) is 15.2 Å². The van der Waals surface area contributed by atoms with Crippen LogP contribution < -0.4 is 9.92 Å². The zero-order valence-electron chi connectivity index (χ0n) is 15.4. The van der Waals surface area contributed by atoms with Crippen LogP contribution in [0.25, 0.3) is 0 Å². The van der Waals surface area contributed by atoms with Crippen LogP contribution in [0.5, 0.6) is 5.75 Å². The first-order chi connectivity index (χ1) is 10.1. The van der Waals surface area contributed by atoms with E-state index in [9.17, 15) is 0 Å². The molecule has 22 heavy (non-hydrogen) atoms. The summed E-state index contributed by atoms with van der Waals surface area (Å²) in [7, 11) is 0.367. The summed E-state index contributed by atoms with van der Waals surface area (Å²) < 4.78 is 5.92. The molecule has 0 saturated carbocycles. The fraction of sp³-hybridized carbons (Fsp3) is 0.500. The van der Waals surface area contributed by atoms with Crippen molar-refractivity contribution >= 4 is 13.3 Å². The average molecular weight is 315 g/mol. The van der Waals surface area contributed by atoms with Gasteiger partial charge in [0.1, 0.15) is 5.75 Å². The number of benzene rings is 1. The van der Waals surface area contributed by atoms with E-state index in [2.05, 4.69) is 77.7 Å². The lowest BCUT2D eigenvalue weighted by molar-refractivity contribution is 0.378. The minimum Gasteiger partial charge on any atom is -0.497 e. The molecular weight excluding hydrogens is 284 g/mol. The Morgan fingerprint density at radius 2 is 1.73 bits per heavy atom. The molecule has 0 spiro atoms. The highest BCUT2D eigenvalue weighted by Gasteiger charge is 2.35. The first-order valence-electron chi connectivity index (χ1n) is 8.13. The lowest BCUT2D eigenvalue weighted by atomic mass is 9.73. The zero-order valence-corrected chi connectivity index (χ0v) is 16.4. The Kier molecular flexibility index (Phi) is 4.45. The molecule has 1 aromatic carbocycles. The Morgan fingerprint density at radius 1 is 1.09 bits per heavy atom. The van der Waals surface area contributed by atoms with E-state index >= 15 is 0 Å². The third-order valence-corrected chi connectivity index (χ3v) is 6.77. The molecule has 1 unspecified atom stereocenters. The molecule has 0 radical (unpaired) electrons. The summed E-state index contributed by atoms with van der Waals surface area (Å²) in [6.07, 6.45) is 6.93. The van der Waals surface area contributed by atoms with E-state index in [1.807, 2.05) is 7.11 Å². The smallest absolute Gasteiger partial charge is 0.121 e. The Hall–Kier alpha value is -1.28. The highest BCUT2D eigenvalue weighted by Crippen LogP contribution is 2.41. The standard InChI is InChI=1S/C20H30OSi/c1-14-9-10-16(11-14)20(3,4)17-12-15(2)13-18(19(17)21-5)22(6,7)8/h9-13,16H,1-8H3. The molecule has 120 valence electrons. The zero-order chi connectivity index (χ0) is 16.7. The number of rotatable bonds is 4. The van der Waals surface area contributed by atoms with Gasteiger partial charge in [-0.2, -0.15) is 0 Å². The summed E-state index contributed by atoms with van der Waals surface area (Å²) in [5.74, 6) is 1.54. The lowest BCUT2D eigenvalue weighted by Gasteiger charge is -2.34. The second kappa shape index (κ2) is 5.73. The molecule has 0 aromatic heterocycles. The maximum atomic E-state index is 5.92. The van der Waals surface area contributed by atoms with Crippen LogP contribution in [0.1, 0.15) is 31.9 Å². The van der Waals surface area contributed by atoms with E-state index in [4.69, 9.17) is 4.74 Å². The maximum Gasteiger partial charge on any atom is 0.121 e. The van der Waals surface area contributed by atoms with Gasteiger partial charge < -0.3 is 4.74 Å². The Morgan fingerprint density at radius 3 is 2.18 bits per heavy atom. The summed E-state index contributed by atoms with van der Waals surface area (Å²) in [4.78, 5) is 0. The molecule has 1 aliphatic rings. The van der Waals surface area contributed by atoms with Crippen LogP contribution in [0.3, 0.4) is 0 Å². The summed E-state index contributed by atoms with van der Waals surface area (Å²) in [6.45, 7) is 16.2. The van der Waals surface area contributed by atoms with Crippen LogP contribution in [-0.2, 0) is 5.41 Å². The molecule has 0 amide bonds. The van der Waals surface area contributed by atoms with Gasteiger partial charge in [0.2, 0.25) is 0 Å². The monoisotopic (exact) mass is 314 g/mol. The van der Waals surface area contributed by atoms with Gasteiger partial charge in [0.15, 0.2) is 0 Å². The number of hydrogen-bond acceptors (Lipinski definition) is 1. The number of hydrogen-bond donors (Lipinski definition) is 0. The van der Waals surface area contributed by atoms with Crippen molar-refractivity contribution in [2.75, 3.05) is 7.11 Å². The van der Waals surface area contributed by atoms with E-state index in [0.717, 1.165) is 5.75 Å². The maximum absolute atomic E-state index is 5.92. The van der Waals surface area contributed by atoms with Crippen molar-refractivity contribution in [3.8, 4) is 5.75 Å². The molecule has 0 N–H and O–H groups in total. The highest BCUT2D eigenvalue weighted by atomic mass is 28.3. The number of ether oxygens (including phenoxy) is 1. The van der Waals surface area contributed by atoms with Crippen molar-refractivity contribution < 1.29 is 4.74 Å². The molecule has 1 aliphatic carbocycles. The molecule has 2 heteroatoms. The van der Waals surface area contributed by atoms with Crippen LogP contribution in [0, 0.1) is 12.8 Å². The molecule has 0 fully saturated rings. The molecule has 0 aliphatic heterocycles. The van der Waals surface area contributed by atoms with E-state index < -0.39 is 8.07 Å². The second-order valence-electron chi connectivity index (χ2n) is 8.16.